The van der Waals surface area contributed by atoms with Crippen molar-refractivity contribution in [2.24, 2.45) is 0 Å². The van der Waals surface area contributed by atoms with Gasteiger partial charge in [0.1, 0.15) is 11.4 Å². The largest absolute Gasteiger partial charge is 0.483 e. The van der Waals surface area contributed by atoms with E-state index in [1.807, 2.05) is 0 Å². The standard InChI is InChI=1S/C20H22F3N7O2/c1-12-8-29(6-5-24-12)17-4-3-16(27-28-17)26-19(31)14-10-30-9-13(2)25-18(30)7-15(14)32-11-20(21,22)23/h3-4,7,9-10,12,24H,5-6,8,11H2,1-2H3,(H,26,27,31)/t12-/m0/s1. The number of carbonyl (C=O) groups is 1. The van der Waals surface area contributed by atoms with Crippen molar-refractivity contribution in [1.82, 2.24) is 24.9 Å². The van der Waals surface area contributed by atoms with Crippen molar-refractivity contribution in [3.63, 3.8) is 0 Å². The summed E-state index contributed by atoms with van der Waals surface area (Å²) in [5, 5.41) is 14.1. The number of aryl methyl sites for hydroxylation is 1. The number of imidazole rings is 1. The van der Waals surface area contributed by atoms with Gasteiger partial charge in [-0.05, 0) is 26.0 Å². The van der Waals surface area contributed by atoms with E-state index in [1.54, 1.807) is 29.7 Å². The number of aromatic nitrogens is 4. The van der Waals surface area contributed by atoms with Crippen LogP contribution >= 0.6 is 0 Å². The first-order valence-electron chi connectivity index (χ1n) is 10.0. The lowest BCUT2D eigenvalue weighted by molar-refractivity contribution is -0.153. The summed E-state index contributed by atoms with van der Waals surface area (Å²) in [6.07, 6.45) is -1.52. The van der Waals surface area contributed by atoms with E-state index in [-0.39, 0.29) is 17.1 Å². The minimum Gasteiger partial charge on any atom is -0.483 e. The van der Waals surface area contributed by atoms with E-state index in [4.69, 9.17) is 4.74 Å². The number of hydrogen-bond acceptors (Lipinski definition) is 7. The monoisotopic (exact) mass is 449 g/mol. The lowest BCUT2D eigenvalue weighted by Crippen LogP contribution is -2.49. The van der Waals surface area contributed by atoms with Crippen molar-refractivity contribution in [2.75, 3.05) is 36.5 Å². The summed E-state index contributed by atoms with van der Waals surface area (Å²) >= 11 is 0. The van der Waals surface area contributed by atoms with Gasteiger partial charge in [-0.2, -0.15) is 13.2 Å². The number of nitrogens with one attached hydrogen (secondary N) is 2. The summed E-state index contributed by atoms with van der Waals surface area (Å²) in [6.45, 7) is 4.68. The number of pyridine rings is 1. The van der Waals surface area contributed by atoms with E-state index in [0.717, 1.165) is 19.6 Å². The van der Waals surface area contributed by atoms with Gasteiger partial charge in [0.25, 0.3) is 5.91 Å². The summed E-state index contributed by atoms with van der Waals surface area (Å²) < 4.78 is 44.5. The molecule has 0 aromatic carbocycles. The molecule has 9 nitrogen and oxygen atoms in total. The van der Waals surface area contributed by atoms with Crippen LogP contribution in [0.2, 0.25) is 0 Å². The van der Waals surface area contributed by atoms with Gasteiger partial charge >= 0.3 is 6.18 Å². The van der Waals surface area contributed by atoms with Gasteiger partial charge in [0.15, 0.2) is 18.2 Å². The number of hydrogen-bond donors (Lipinski definition) is 2. The molecule has 4 heterocycles. The highest BCUT2D eigenvalue weighted by Crippen LogP contribution is 2.25. The normalized spacial score (nSPS) is 16.9. The lowest BCUT2D eigenvalue weighted by atomic mass is 10.2. The van der Waals surface area contributed by atoms with E-state index in [1.165, 1.54) is 12.3 Å². The number of rotatable bonds is 5. The highest BCUT2D eigenvalue weighted by Gasteiger charge is 2.29. The van der Waals surface area contributed by atoms with Gasteiger partial charge in [0.05, 0.1) is 11.3 Å². The van der Waals surface area contributed by atoms with Gasteiger partial charge in [-0.3, -0.25) is 4.79 Å². The molecule has 0 radical (unpaired) electrons. The summed E-state index contributed by atoms with van der Waals surface area (Å²) in [7, 11) is 0. The smallest absolute Gasteiger partial charge is 0.422 e. The molecule has 2 N–H and O–H groups in total. The molecular formula is C20H22F3N7O2. The molecule has 12 heteroatoms. The van der Waals surface area contributed by atoms with Crippen molar-refractivity contribution in [1.29, 1.82) is 0 Å². The Morgan fingerprint density at radius 3 is 2.81 bits per heavy atom. The predicted octanol–water partition coefficient (Wildman–Crippen LogP) is 2.42. The van der Waals surface area contributed by atoms with E-state index in [9.17, 15) is 18.0 Å². The molecule has 0 aliphatic carbocycles. The second-order valence-electron chi connectivity index (χ2n) is 7.64. The highest BCUT2D eigenvalue weighted by atomic mass is 19.4. The zero-order valence-corrected chi connectivity index (χ0v) is 17.5. The number of nitrogens with zero attached hydrogens (tertiary/aromatic N) is 5. The van der Waals surface area contributed by atoms with E-state index >= 15 is 0 Å². The summed E-state index contributed by atoms with van der Waals surface area (Å²) in [5.74, 6) is -0.0444. The fourth-order valence-electron chi connectivity index (χ4n) is 3.48. The first-order valence-corrected chi connectivity index (χ1v) is 10.0. The van der Waals surface area contributed by atoms with Crippen LogP contribution in [-0.4, -0.2) is 63.9 Å². The highest BCUT2D eigenvalue weighted by molar-refractivity contribution is 6.05. The van der Waals surface area contributed by atoms with Gasteiger partial charge in [-0.15, -0.1) is 10.2 Å². The van der Waals surface area contributed by atoms with Crippen LogP contribution in [0.25, 0.3) is 5.65 Å². The molecule has 3 aromatic rings. The van der Waals surface area contributed by atoms with Gasteiger partial charge in [-0.1, -0.05) is 0 Å². The molecule has 1 aliphatic rings. The number of piperazine rings is 1. The topological polar surface area (TPSA) is 96.7 Å². The quantitative estimate of drug-likeness (QED) is 0.618. The van der Waals surface area contributed by atoms with E-state index in [2.05, 4.69) is 37.6 Å². The van der Waals surface area contributed by atoms with Crippen molar-refractivity contribution < 1.29 is 22.7 Å². The van der Waals surface area contributed by atoms with Crippen LogP contribution in [0.15, 0.2) is 30.6 Å². The summed E-state index contributed by atoms with van der Waals surface area (Å²) in [6, 6.07) is 4.96. The lowest BCUT2D eigenvalue weighted by Gasteiger charge is -2.32. The zero-order valence-electron chi connectivity index (χ0n) is 17.5. The number of amides is 1. The van der Waals surface area contributed by atoms with Gasteiger partial charge in [0, 0.05) is 44.1 Å². The summed E-state index contributed by atoms with van der Waals surface area (Å²) in [5.41, 5.74) is 0.930. The van der Waals surface area contributed by atoms with Crippen molar-refractivity contribution in [2.45, 2.75) is 26.1 Å². The second kappa shape index (κ2) is 8.61. The van der Waals surface area contributed by atoms with Crippen LogP contribution in [0.3, 0.4) is 0 Å². The van der Waals surface area contributed by atoms with Crippen LogP contribution < -0.4 is 20.3 Å². The molecule has 0 bridgehead atoms. The molecule has 32 heavy (non-hydrogen) atoms. The van der Waals surface area contributed by atoms with Crippen molar-refractivity contribution >= 4 is 23.2 Å². The Balaban J connectivity index is 1.54. The molecule has 1 atom stereocenters. The molecule has 3 aromatic heterocycles. The maximum atomic E-state index is 12.8. The Morgan fingerprint density at radius 2 is 2.12 bits per heavy atom. The third-order valence-corrected chi connectivity index (χ3v) is 4.90. The molecule has 0 spiro atoms. The van der Waals surface area contributed by atoms with Gasteiger partial charge in [-0.25, -0.2) is 4.98 Å². The number of fused-ring (bicyclic) bond motifs is 1. The SMILES string of the molecule is Cc1cn2cc(C(=O)Nc3ccc(N4CCN[C@@H](C)C4)nn3)c(OCC(F)(F)F)cc2n1. The number of halogens is 3. The molecule has 1 amide bonds. The maximum Gasteiger partial charge on any atom is 0.422 e. The third-order valence-electron chi connectivity index (χ3n) is 4.90. The maximum absolute atomic E-state index is 12.8. The fraction of sp³-hybridized carbons (Fsp3) is 0.400. The number of carbonyl (C=O) groups excluding carboxylic acids is 1. The average molecular weight is 449 g/mol. The molecule has 170 valence electrons. The third kappa shape index (κ3) is 5.07. The molecule has 0 saturated carbocycles. The summed E-state index contributed by atoms with van der Waals surface area (Å²) in [4.78, 5) is 19.1. The number of alkyl halides is 3. The fourth-order valence-corrected chi connectivity index (χ4v) is 3.48. The Labute approximate surface area is 181 Å². The number of ether oxygens (including phenoxy) is 1. The Morgan fingerprint density at radius 1 is 1.31 bits per heavy atom. The predicted molar refractivity (Wildman–Crippen MR) is 111 cm³/mol. The first-order chi connectivity index (χ1) is 15.2. The van der Waals surface area contributed by atoms with Crippen LogP contribution in [0.5, 0.6) is 5.75 Å². The minimum absolute atomic E-state index is 0.0824. The second-order valence-corrected chi connectivity index (χ2v) is 7.64. The Hall–Kier alpha value is -3.41. The van der Waals surface area contributed by atoms with Crippen molar-refractivity contribution in [3.8, 4) is 5.75 Å². The molecule has 1 saturated heterocycles. The van der Waals surface area contributed by atoms with Crippen LogP contribution in [0.4, 0.5) is 24.8 Å². The zero-order chi connectivity index (χ0) is 22.9. The molecular weight excluding hydrogens is 427 g/mol. The van der Waals surface area contributed by atoms with E-state index in [0.29, 0.717) is 23.2 Å². The Kier molecular flexibility index (Phi) is 5.87. The minimum atomic E-state index is -4.55. The van der Waals surface area contributed by atoms with Crippen molar-refractivity contribution in [3.05, 3.63) is 41.9 Å². The average Bonchev–Trinajstić information content (AvgIpc) is 3.10. The van der Waals surface area contributed by atoms with Gasteiger partial charge < -0.3 is 24.7 Å². The molecule has 0 unspecified atom stereocenters. The number of anilines is 2. The molecule has 1 aliphatic heterocycles. The van der Waals surface area contributed by atoms with Gasteiger partial charge in [0.2, 0.25) is 0 Å². The van der Waals surface area contributed by atoms with Crippen LogP contribution in [-0.2, 0) is 0 Å². The van der Waals surface area contributed by atoms with E-state index < -0.39 is 18.7 Å². The molecule has 1 fully saturated rings. The molecule has 4 rings (SSSR count). The van der Waals surface area contributed by atoms with Crippen LogP contribution in [0.1, 0.15) is 23.0 Å². The Bertz CT molecular complexity index is 1110. The van der Waals surface area contributed by atoms with Crippen LogP contribution in [0, 0.1) is 6.92 Å². The first kappa shape index (κ1) is 21.8.